The number of imidazole rings is 1. The molecule has 0 spiro atoms. The van der Waals surface area contributed by atoms with Crippen molar-refractivity contribution in [3.63, 3.8) is 0 Å². The number of nitrogens with zero attached hydrogens (tertiary/aromatic N) is 7. The van der Waals surface area contributed by atoms with E-state index in [1.807, 2.05) is 11.0 Å². The average Bonchev–Trinajstić information content (AvgIpc) is 3.36. The Balaban J connectivity index is 1.15. The van der Waals surface area contributed by atoms with Gasteiger partial charge in [0.05, 0.1) is 53.1 Å². The number of hydrogen-bond donors (Lipinski definition) is 1. The van der Waals surface area contributed by atoms with Crippen LogP contribution in [-0.4, -0.2) is 74.4 Å². The first-order valence-electron chi connectivity index (χ1n) is 14.0. The largest absolute Gasteiger partial charge is 0.478 e. The highest BCUT2D eigenvalue weighted by molar-refractivity contribution is 5.92. The molecule has 2 aromatic heterocycles. The van der Waals surface area contributed by atoms with Crippen molar-refractivity contribution in [3.05, 3.63) is 76.7 Å². The molecule has 2 saturated heterocycles. The van der Waals surface area contributed by atoms with Crippen LogP contribution in [0.5, 0.6) is 5.88 Å². The Hall–Kier alpha value is -4.67. The Morgan fingerprint density at radius 3 is 2.63 bits per heavy atom. The lowest BCUT2D eigenvalue weighted by molar-refractivity contribution is -0.0594. The van der Waals surface area contributed by atoms with E-state index in [2.05, 4.69) is 26.4 Å². The molecule has 13 heteroatoms. The van der Waals surface area contributed by atoms with Gasteiger partial charge in [-0.3, -0.25) is 4.90 Å². The second kappa shape index (κ2) is 11.9. The molecule has 43 heavy (non-hydrogen) atoms. The van der Waals surface area contributed by atoms with Gasteiger partial charge in [0.25, 0.3) is 5.88 Å². The molecule has 6 rings (SSSR count). The number of nitriles is 1. The number of carbonyl (C=O) groups is 1. The van der Waals surface area contributed by atoms with Crippen molar-refractivity contribution in [2.45, 2.75) is 38.6 Å². The van der Waals surface area contributed by atoms with E-state index in [1.54, 1.807) is 18.2 Å². The first-order chi connectivity index (χ1) is 20.8. The molecule has 1 N–H and O–H groups in total. The summed E-state index contributed by atoms with van der Waals surface area (Å²) in [5, 5.41) is 18.4. The van der Waals surface area contributed by atoms with Gasteiger partial charge in [0, 0.05) is 38.3 Å². The minimum Gasteiger partial charge on any atom is -0.478 e. The van der Waals surface area contributed by atoms with Crippen LogP contribution >= 0.6 is 0 Å². The van der Waals surface area contributed by atoms with E-state index in [0.717, 1.165) is 42.1 Å². The van der Waals surface area contributed by atoms with Gasteiger partial charge in [-0.15, -0.1) is 0 Å². The van der Waals surface area contributed by atoms with Crippen LogP contribution < -0.4 is 9.64 Å². The fourth-order valence-corrected chi connectivity index (χ4v) is 5.37. The predicted octanol–water partition coefficient (Wildman–Crippen LogP) is 3.93. The van der Waals surface area contributed by atoms with Gasteiger partial charge in [-0.2, -0.15) is 14.6 Å². The third-order valence-corrected chi connectivity index (χ3v) is 7.97. The number of halogens is 2. The summed E-state index contributed by atoms with van der Waals surface area (Å²) in [6, 6.07) is 10.8. The number of piperazine rings is 1. The zero-order chi connectivity index (χ0) is 30.1. The van der Waals surface area contributed by atoms with Gasteiger partial charge in [-0.25, -0.2) is 19.2 Å². The molecule has 0 amide bonds. The van der Waals surface area contributed by atoms with E-state index in [-0.39, 0.29) is 41.3 Å². The first kappa shape index (κ1) is 28.4. The minimum absolute atomic E-state index is 0.0640. The van der Waals surface area contributed by atoms with Gasteiger partial charge in [-0.05, 0) is 43.7 Å². The number of fused-ring (bicyclic) bond motifs is 1. The fourth-order valence-electron chi connectivity index (χ4n) is 5.37. The maximum absolute atomic E-state index is 14.5. The highest BCUT2D eigenvalue weighted by Gasteiger charge is 2.29. The number of benzene rings is 2. The summed E-state index contributed by atoms with van der Waals surface area (Å²) in [4.78, 5) is 29.1. The second-order valence-electron chi connectivity index (χ2n) is 10.6. The molecule has 0 saturated carbocycles. The Morgan fingerprint density at radius 1 is 1.16 bits per heavy atom. The maximum atomic E-state index is 14.5. The molecule has 4 aromatic rings. The first-order valence-corrected chi connectivity index (χ1v) is 14.0. The average molecular weight is 590 g/mol. The van der Waals surface area contributed by atoms with Gasteiger partial charge in [0.1, 0.15) is 18.2 Å². The quantitative estimate of drug-likeness (QED) is 0.307. The highest BCUT2D eigenvalue weighted by Crippen LogP contribution is 2.29. The zero-order valence-corrected chi connectivity index (χ0v) is 23.4. The fraction of sp³-hybridized carbons (Fsp3) is 0.367. The van der Waals surface area contributed by atoms with E-state index < -0.39 is 17.6 Å². The molecule has 2 atom stereocenters. The SMILES string of the molecule is C[C@@H](c1nc2ccc(C(=O)O)cc2n1C[C@@H]1CCO1)N1CCN(c2ncc(F)c(OCc3ccc(C#N)cc3F)n2)CC1. The van der Waals surface area contributed by atoms with Gasteiger partial charge in [-0.1, -0.05) is 6.07 Å². The van der Waals surface area contributed by atoms with Crippen LogP contribution in [0, 0.1) is 23.0 Å². The van der Waals surface area contributed by atoms with E-state index in [1.165, 1.54) is 12.1 Å². The smallest absolute Gasteiger partial charge is 0.335 e. The van der Waals surface area contributed by atoms with Crippen LogP contribution in [0.3, 0.4) is 0 Å². The summed E-state index contributed by atoms with van der Waals surface area (Å²) in [5.41, 5.74) is 2.07. The van der Waals surface area contributed by atoms with Crippen molar-refractivity contribution in [3.8, 4) is 11.9 Å². The third kappa shape index (κ3) is 5.84. The minimum atomic E-state index is -0.988. The Labute approximate surface area is 245 Å². The van der Waals surface area contributed by atoms with Crippen molar-refractivity contribution in [2.24, 2.45) is 0 Å². The maximum Gasteiger partial charge on any atom is 0.335 e. The monoisotopic (exact) mass is 589 g/mol. The Morgan fingerprint density at radius 2 is 1.95 bits per heavy atom. The van der Waals surface area contributed by atoms with E-state index in [4.69, 9.17) is 19.7 Å². The zero-order valence-electron chi connectivity index (χ0n) is 23.4. The Bertz CT molecular complexity index is 1710. The standard InChI is InChI=1S/C30H29F2N7O4/c1-18(27-35-25-5-4-20(29(40)41)13-26(25)39(27)16-22-6-11-42-22)37-7-9-38(10-8-37)30-34-15-24(32)28(36-30)43-17-21-3-2-19(14-33)12-23(21)31/h2-5,12-13,15,18,22H,6-11,16-17H2,1H3,(H,40,41)/t18-,22-/m0/s1. The summed E-state index contributed by atoms with van der Waals surface area (Å²) in [5.74, 6) is -1.50. The van der Waals surface area contributed by atoms with Crippen LogP contribution in [0.4, 0.5) is 14.7 Å². The lowest BCUT2D eigenvalue weighted by Gasteiger charge is -2.38. The molecule has 0 radical (unpaired) electrons. The van der Waals surface area contributed by atoms with Crippen LogP contribution in [0.25, 0.3) is 11.0 Å². The number of ether oxygens (including phenoxy) is 2. The van der Waals surface area contributed by atoms with Crippen molar-refractivity contribution < 1.29 is 28.2 Å². The normalized spacial score (nSPS) is 17.8. The van der Waals surface area contributed by atoms with Gasteiger partial charge < -0.3 is 24.0 Å². The number of aromatic carboxylic acids is 1. The number of rotatable bonds is 9. The number of aromatic nitrogens is 4. The molecular formula is C30H29F2N7O4. The molecule has 222 valence electrons. The lowest BCUT2D eigenvalue weighted by atomic mass is 10.1. The summed E-state index contributed by atoms with van der Waals surface area (Å²) in [7, 11) is 0. The number of carboxylic acids is 1. The van der Waals surface area contributed by atoms with Crippen molar-refractivity contribution in [2.75, 3.05) is 37.7 Å². The topological polar surface area (TPSA) is 130 Å². The van der Waals surface area contributed by atoms with E-state index >= 15 is 0 Å². The summed E-state index contributed by atoms with van der Waals surface area (Å²) < 4.78 is 42.0. The summed E-state index contributed by atoms with van der Waals surface area (Å²) in [6.07, 6.45) is 2.04. The molecule has 0 unspecified atom stereocenters. The van der Waals surface area contributed by atoms with Gasteiger partial charge in [0.2, 0.25) is 11.8 Å². The molecule has 2 aliphatic rings. The van der Waals surface area contributed by atoms with Crippen molar-refractivity contribution >= 4 is 23.0 Å². The molecule has 4 heterocycles. The predicted molar refractivity (Wildman–Crippen MR) is 151 cm³/mol. The second-order valence-corrected chi connectivity index (χ2v) is 10.6. The van der Waals surface area contributed by atoms with Gasteiger partial charge in [0.15, 0.2) is 0 Å². The molecule has 0 aliphatic carbocycles. The number of hydrogen-bond acceptors (Lipinski definition) is 9. The molecule has 11 nitrogen and oxygen atoms in total. The van der Waals surface area contributed by atoms with Gasteiger partial charge >= 0.3 is 5.97 Å². The Kier molecular flexibility index (Phi) is 7.88. The molecule has 2 aliphatic heterocycles. The van der Waals surface area contributed by atoms with Crippen LogP contribution in [-0.2, 0) is 17.9 Å². The lowest BCUT2D eigenvalue weighted by Crippen LogP contribution is -2.48. The molecule has 2 aromatic carbocycles. The van der Waals surface area contributed by atoms with Crippen LogP contribution in [0.15, 0.2) is 42.6 Å². The van der Waals surface area contributed by atoms with E-state index in [9.17, 15) is 18.7 Å². The van der Waals surface area contributed by atoms with E-state index in [0.29, 0.717) is 38.7 Å². The number of carboxylic acid groups (broad SMARTS) is 1. The van der Waals surface area contributed by atoms with Crippen LogP contribution in [0.2, 0.25) is 0 Å². The van der Waals surface area contributed by atoms with Crippen molar-refractivity contribution in [1.29, 1.82) is 5.26 Å². The molecule has 2 fully saturated rings. The number of anilines is 1. The highest BCUT2D eigenvalue weighted by atomic mass is 19.1. The molecular weight excluding hydrogens is 560 g/mol. The van der Waals surface area contributed by atoms with Crippen LogP contribution in [0.1, 0.15) is 46.7 Å². The summed E-state index contributed by atoms with van der Waals surface area (Å²) >= 11 is 0. The molecule has 0 bridgehead atoms. The third-order valence-electron chi connectivity index (χ3n) is 7.97. The van der Waals surface area contributed by atoms with Crippen molar-refractivity contribution in [1.82, 2.24) is 24.4 Å². The summed E-state index contributed by atoms with van der Waals surface area (Å²) in [6.45, 7) is 5.57.